The lowest BCUT2D eigenvalue weighted by Gasteiger charge is -2.48. The van der Waals surface area contributed by atoms with E-state index in [1.54, 1.807) is 0 Å². The second-order valence-corrected chi connectivity index (χ2v) is 7.44. The Balaban J connectivity index is 1.58. The zero-order valence-electron chi connectivity index (χ0n) is 14.8. The molecule has 5 heteroatoms. The molecule has 1 aliphatic heterocycles. The van der Waals surface area contributed by atoms with Gasteiger partial charge in [-0.3, -0.25) is 9.89 Å². The Kier molecular flexibility index (Phi) is 6.17. The molecule has 2 aliphatic carbocycles. The SMILES string of the molecule is CN=C(NCC1(N2CCOCC2)CCCCC1)NC1CCCC1. The van der Waals surface area contributed by atoms with E-state index in [9.17, 15) is 0 Å². The number of aliphatic imine (C=N–C) groups is 1. The van der Waals surface area contributed by atoms with E-state index in [2.05, 4.69) is 20.5 Å². The van der Waals surface area contributed by atoms with Crippen molar-refractivity contribution in [3.05, 3.63) is 0 Å². The van der Waals surface area contributed by atoms with Gasteiger partial charge in [-0.2, -0.15) is 0 Å². The number of ether oxygens (including phenoxy) is 1. The number of nitrogens with zero attached hydrogens (tertiary/aromatic N) is 2. The molecule has 0 amide bonds. The van der Waals surface area contributed by atoms with Crippen LogP contribution in [0.1, 0.15) is 57.8 Å². The van der Waals surface area contributed by atoms with Crippen LogP contribution in [0.25, 0.3) is 0 Å². The molecule has 0 unspecified atom stereocenters. The Labute approximate surface area is 141 Å². The molecule has 132 valence electrons. The second kappa shape index (κ2) is 8.34. The summed E-state index contributed by atoms with van der Waals surface area (Å²) in [7, 11) is 1.90. The normalized spacial score (nSPS) is 27.1. The zero-order valence-corrected chi connectivity index (χ0v) is 14.8. The number of hydrogen-bond donors (Lipinski definition) is 2. The molecule has 0 atom stereocenters. The van der Waals surface area contributed by atoms with Crippen LogP contribution >= 0.6 is 0 Å². The van der Waals surface area contributed by atoms with Gasteiger partial charge in [0.05, 0.1) is 13.2 Å². The highest BCUT2D eigenvalue weighted by Gasteiger charge is 2.38. The number of rotatable bonds is 4. The van der Waals surface area contributed by atoms with E-state index in [0.29, 0.717) is 11.6 Å². The van der Waals surface area contributed by atoms with E-state index >= 15 is 0 Å². The van der Waals surface area contributed by atoms with Crippen LogP contribution in [0.3, 0.4) is 0 Å². The summed E-state index contributed by atoms with van der Waals surface area (Å²) in [6, 6.07) is 0.617. The van der Waals surface area contributed by atoms with Crippen molar-refractivity contribution in [3.63, 3.8) is 0 Å². The van der Waals surface area contributed by atoms with Gasteiger partial charge in [0.2, 0.25) is 0 Å². The molecule has 0 aromatic rings. The summed E-state index contributed by atoms with van der Waals surface area (Å²) in [6.45, 7) is 4.94. The maximum atomic E-state index is 5.57. The minimum Gasteiger partial charge on any atom is -0.379 e. The molecule has 0 radical (unpaired) electrons. The topological polar surface area (TPSA) is 48.9 Å². The van der Waals surface area contributed by atoms with Crippen LogP contribution in [0.4, 0.5) is 0 Å². The molecule has 2 saturated carbocycles. The lowest BCUT2D eigenvalue weighted by atomic mass is 9.80. The number of guanidine groups is 1. The molecule has 3 rings (SSSR count). The maximum Gasteiger partial charge on any atom is 0.191 e. The molecule has 1 heterocycles. The van der Waals surface area contributed by atoms with Crippen LogP contribution in [0.15, 0.2) is 4.99 Å². The van der Waals surface area contributed by atoms with Crippen molar-refractivity contribution in [1.82, 2.24) is 15.5 Å². The van der Waals surface area contributed by atoms with Gasteiger partial charge in [0.15, 0.2) is 5.96 Å². The van der Waals surface area contributed by atoms with Gasteiger partial charge >= 0.3 is 0 Å². The first kappa shape index (κ1) is 17.0. The van der Waals surface area contributed by atoms with E-state index in [1.807, 2.05) is 7.05 Å². The summed E-state index contributed by atoms with van der Waals surface area (Å²) in [6.07, 6.45) is 12.0. The van der Waals surface area contributed by atoms with E-state index in [0.717, 1.165) is 38.8 Å². The Hall–Kier alpha value is -0.810. The lowest BCUT2D eigenvalue weighted by molar-refractivity contribution is -0.0352. The third kappa shape index (κ3) is 4.38. The Morgan fingerprint density at radius 3 is 2.43 bits per heavy atom. The van der Waals surface area contributed by atoms with E-state index in [1.165, 1.54) is 57.8 Å². The second-order valence-electron chi connectivity index (χ2n) is 7.44. The van der Waals surface area contributed by atoms with Crippen LogP contribution in [0.2, 0.25) is 0 Å². The highest BCUT2D eigenvalue weighted by atomic mass is 16.5. The standard InChI is InChI=1S/C18H34N4O/c1-19-17(21-16-7-3-4-8-16)20-15-18(9-5-2-6-10-18)22-11-13-23-14-12-22/h16H,2-15H2,1H3,(H2,19,20,21). The summed E-state index contributed by atoms with van der Waals surface area (Å²) in [5.41, 5.74) is 0.301. The summed E-state index contributed by atoms with van der Waals surface area (Å²) in [4.78, 5) is 7.15. The van der Waals surface area contributed by atoms with Crippen molar-refractivity contribution in [2.75, 3.05) is 39.9 Å². The fraction of sp³-hybridized carbons (Fsp3) is 0.944. The number of morpholine rings is 1. The van der Waals surface area contributed by atoms with Gasteiger partial charge in [-0.25, -0.2) is 0 Å². The molecule has 0 bridgehead atoms. The van der Waals surface area contributed by atoms with Gasteiger partial charge in [0, 0.05) is 38.3 Å². The molecular formula is C18H34N4O. The van der Waals surface area contributed by atoms with Gasteiger partial charge in [0.25, 0.3) is 0 Å². The van der Waals surface area contributed by atoms with Crippen LogP contribution in [-0.4, -0.2) is 62.3 Å². The largest absolute Gasteiger partial charge is 0.379 e. The number of nitrogens with one attached hydrogen (secondary N) is 2. The molecule has 1 saturated heterocycles. The first-order valence-electron chi connectivity index (χ1n) is 9.62. The van der Waals surface area contributed by atoms with Crippen molar-refractivity contribution in [2.45, 2.75) is 69.4 Å². The van der Waals surface area contributed by atoms with E-state index < -0.39 is 0 Å². The molecule has 3 fully saturated rings. The molecule has 0 spiro atoms. The summed E-state index contributed by atoms with van der Waals surface area (Å²) in [5, 5.41) is 7.28. The average Bonchev–Trinajstić information content (AvgIpc) is 3.13. The predicted octanol–water partition coefficient (Wildman–Crippen LogP) is 2.13. The van der Waals surface area contributed by atoms with Gasteiger partial charge in [0.1, 0.15) is 0 Å². The Bertz CT molecular complexity index is 380. The fourth-order valence-corrected chi connectivity index (χ4v) is 4.56. The zero-order chi connectivity index (χ0) is 16.0. The van der Waals surface area contributed by atoms with Gasteiger partial charge in [-0.05, 0) is 25.7 Å². The highest BCUT2D eigenvalue weighted by Crippen LogP contribution is 2.33. The highest BCUT2D eigenvalue weighted by molar-refractivity contribution is 5.80. The average molecular weight is 322 g/mol. The third-order valence-electron chi connectivity index (χ3n) is 5.97. The van der Waals surface area contributed by atoms with Crippen LogP contribution < -0.4 is 10.6 Å². The van der Waals surface area contributed by atoms with Crippen LogP contribution in [-0.2, 0) is 4.74 Å². The Morgan fingerprint density at radius 2 is 1.78 bits per heavy atom. The van der Waals surface area contributed by atoms with E-state index in [4.69, 9.17) is 4.74 Å². The first-order valence-corrected chi connectivity index (χ1v) is 9.62. The molecular weight excluding hydrogens is 288 g/mol. The van der Waals surface area contributed by atoms with Crippen molar-refractivity contribution < 1.29 is 4.74 Å². The van der Waals surface area contributed by atoms with Crippen molar-refractivity contribution in [3.8, 4) is 0 Å². The minimum atomic E-state index is 0.301. The van der Waals surface area contributed by atoms with Gasteiger partial charge in [-0.1, -0.05) is 32.1 Å². The molecule has 3 aliphatic rings. The minimum absolute atomic E-state index is 0.301. The molecule has 0 aromatic carbocycles. The van der Waals surface area contributed by atoms with Gasteiger partial charge in [-0.15, -0.1) is 0 Å². The summed E-state index contributed by atoms with van der Waals surface area (Å²) in [5.74, 6) is 0.995. The summed E-state index contributed by atoms with van der Waals surface area (Å²) >= 11 is 0. The molecule has 2 N–H and O–H groups in total. The lowest BCUT2D eigenvalue weighted by Crippen LogP contribution is -2.60. The van der Waals surface area contributed by atoms with E-state index in [-0.39, 0.29) is 0 Å². The van der Waals surface area contributed by atoms with Crippen molar-refractivity contribution in [2.24, 2.45) is 4.99 Å². The van der Waals surface area contributed by atoms with Crippen molar-refractivity contribution >= 4 is 5.96 Å². The van der Waals surface area contributed by atoms with Crippen molar-refractivity contribution in [1.29, 1.82) is 0 Å². The third-order valence-corrected chi connectivity index (χ3v) is 5.97. The molecule has 5 nitrogen and oxygen atoms in total. The first-order chi connectivity index (χ1) is 11.3. The van der Waals surface area contributed by atoms with Gasteiger partial charge < -0.3 is 15.4 Å². The smallest absolute Gasteiger partial charge is 0.191 e. The maximum absolute atomic E-state index is 5.57. The Morgan fingerprint density at radius 1 is 1.09 bits per heavy atom. The number of hydrogen-bond acceptors (Lipinski definition) is 3. The fourth-order valence-electron chi connectivity index (χ4n) is 4.56. The quantitative estimate of drug-likeness (QED) is 0.615. The summed E-state index contributed by atoms with van der Waals surface area (Å²) < 4.78 is 5.57. The predicted molar refractivity (Wildman–Crippen MR) is 95.0 cm³/mol. The molecule has 0 aromatic heterocycles. The van der Waals surface area contributed by atoms with Crippen LogP contribution in [0.5, 0.6) is 0 Å². The van der Waals surface area contributed by atoms with Crippen LogP contribution in [0, 0.1) is 0 Å². The molecule has 23 heavy (non-hydrogen) atoms. The monoisotopic (exact) mass is 322 g/mol.